The van der Waals surface area contributed by atoms with E-state index in [1.807, 2.05) is 0 Å². The van der Waals surface area contributed by atoms with Crippen molar-refractivity contribution >= 4 is 32.6 Å². The molecule has 0 aliphatic carbocycles. The molecule has 0 aromatic carbocycles. The van der Waals surface area contributed by atoms with Crippen LogP contribution in [-0.4, -0.2) is 28.6 Å². The van der Waals surface area contributed by atoms with Crippen LogP contribution in [0.2, 0.25) is 0 Å². The number of hydrogen-bond donors (Lipinski definition) is 0. The van der Waals surface area contributed by atoms with Crippen molar-refractivity contribution in [2.45, 2.75) is 36.0 Å². The van der Waals surface area contributed by atoms with Crippen molar-refractivity contribution in [2.24, 2.45) is 0 Å². The van der Waals surface area contributed by atoms with Crippen LogP contribution in [0.25, 0.3) is 0 Å². The van der Waals surface area contributed by atoms with E-state index in [1.54, 1.807) is 18.2 Å². The summed E-state index contributed by atoms with van der Waals surface area (Å²) in [6.45, 7) is 4.17. The van der Waals surface area contributed by atoms with Gasteiger partial charge in [-0.3, -0.25) is 0 Å². The largest absolute Gasteiger partial charge is 0.217 e. The van der Waals surface area contributed by atoms with Gasteiger partial charge in [-0.2, -0.15) is 4.31 Å². The van der Waals surface area contributed by atoms with E-state index in [2.05, 4.69) is 22.6 Å². The third-order valence-electron chi connectivity index (χ3n) is 2.06. The van der Waals surface area contributed by atoms with Crippen LogP contribution < -0.4 is 0 Å². The third kappa shape index (κ3) is 1.93. The molecule has 1 rings (SSSR count). The molecule has 0 amide bonds. The SMILES string of the molecule is CC(C)S(=O)(=O)N1CCCC1I. The van der Waals surface area contributed by atoms with Crippen LogP contribution in [-0.2, 0) is 10.0 Å². The second-order valence-corrected chi connectivity index (χ2v) is 7.16. The normalized spacial score (nSPS) is 26.8. The van der Waals surface area contributed by atoms with Gasteiger partial charge in [-0.1, -0.05) is 22.6 Å². The minimum Gasteiger partial charge on any atom is -0.212 e. The van der Waals surface area contributed by atoms with Crippen molar-refractivity contribution in [2.75, 3.05) is 6.54 Å². The molecule has 0 radical (unpaired) electrons. The summed E-state index contributed by atoms with van der Waals surface area (Å²) < 4.78 is 25.1. The molecule has 1 unspecified atom stereocenters. The fourth-order valence-electron chi connectivity index (χ4n) is 1.26. The summed E-state index contributed by atoms with van der Waals surface area (Å²) in [4.78, 5) is 0. The van der Waals surface area contributed by atoms with Crippen LogP contribution in [0.15, 0.2) is 0 Å². The van der Waals surface area contributed by atoms with E-state index in [4.69, 9.17) is 0 Å². The van der Waals surface area contributed by atoms with E-state index < -0.39 is 10.0 Å². The molecule has 5 heteroatoms. The Morgan fingerprint density at radius 2 is 2.08 bits per heavy atom. The molecule has 1 atom stereocenters. The molecule has 0 N–H and O–H groups in total. The fraction of sp³-hybridized carbons (Fsp3) is 1.00. The topological polar surface area (TPSA) is 37.4 Å². The summed E-state index contributed by atoms with van der Waals surface area (Å²) >= 11 is 2.20. The van der Waals surface area contributed by atoms with Gasteiger partial charge in [-0.05, 0) is 26.7 Å². The molecule has 0 spiro atoms. The summed E-state index contributed by atoms with van der Waals surface area (Å²) in [5, 5.41) is -0.284. The highest BCUT2D eigenvalue weighted by Gasteiger charge is 2.34. The molecule has 1 fully saturated rings. The lowest BCUT2D eigenvalue weighted by molar-refractivity contribution is 0.461. The summed E-state index contributed by atoms with van der Waals surface area (Å²) in [6.07, 6.45) is 1.99. The van der Waals surface area contributed by atoms with Gasteiger partial charge < -0.3 is 0 Å². The van der Waals surface area contributed by atoms with Gasteiger partial charge in [0.2, 0.25) is 10.0 Å². The summed E-state index contributed by atoms with van der Waals surface area (Å²) in [6, 6.07) is 0. The Labute approximate surface area is 87.7 Å². The number of alkyl halides is 1. The third-order valence-corrected chi connectivity index (χ3v) is 6.01. The van der Waals surface area contributed by atoms with Crippen molar-refractivity contribution in [3.8, 4) is 0 Å². The second kappa shape index (κ2) is 3.79. The Balaban J connectivity index is 2.82. The molecule has 0 saturated carbocycles. The molecule has 0 aromatic rings. The second-order valence-electron chi connectivity index (χ2n) is 3.28. The van der Waals surface area contributed by atoms with Gasteiger partial charge >= 0.3 is 0 Å². The van der Waals surface area contributed by atoms with Crippen LogP contribution in [0.4, 0.5) is 0 Å². The first kappa shape index (κ1) is 10.7. The van der Waals surface area contributed by atoms with Gasteiger partial charge in [0.05, 0.1) is 9.30 Å². The van der Waals surface area contributed by atoms with Crippen molar-refractivity contribution in [1.29, 1.82) is 0 Å². The van der Waals surface area contributed by atoms with Crippen molar-refractivity contribution in [3.63, 3.8) is 0 Å². The van der Waals surface area contributed by atoms with E-state index >= 15 is 0 Å². The number of hydrogen-bond acceptors (Lipinski definition) is 2. The molecule has 1 saturated heterocycles. The minimum atomic E-state index is -3.00. The Morgan fingerprint density at radius 1 is 1.50 bits per heavy atom. The van der Waals surface area contributed by atoms with Crippen molar-refractivity contribution in [3.05, 3.63) is 0 Å². The quantitative estimate of drug-likeness (QED) is 0.441. The molecule has 12 heavy (non-hydrogen) atoms. The Kier molecular flexibility index (Phi) is 3.39. The average molecular weight is 303 g/mol. The zero-order valence-electron chi connectivity index (χ0n) is 7.33. The first-order valence-corrected chi connectivity index (χ1v) is 6.86. The Bertz CT molecular complexity index is 250. The van der Waals surface area contributed by atoms with E-state index in [9.17, 15) is 8.42 Å². The lowest BCUT2D eigenvalue weighted by Gasteiger charge is -2.21. The Morgan fingerprint density at radius 3 is 2.42 bits per heavy atom. The zero-order valence-corrected chi connectivity index (χ0v) is 10.3. The fourth-order valence-corrected chi connectivity index (χ4v) is 4.28. The van der Waals surface area contributed by atoms with Gasteiger partial charge in [-0.15, -0.1) is 0 Å². The van der Waals surface area contributed by atoms with E-state index in [0.29, 0.717) is 6.54 Å². The monoisotopic (exact) mass is 303 g/mol. The molecule has 0 bridgehead atoms. The molecular weight excluding hydrogens is 289 g/mol. The van der Waals surface area contributed by atoms with Crippen LogP contribution in [0.3, 0.4) is 0 Å². The minimum absolute atomic E-state index is 0.176. The predicted octanol–water partition coefficient (Wildman–Crippen LogP) is 1.58. The van der Waals surface area contributed by atoms with Crippen molar-refractivity contribution < 1.29 is 8.42 Å². The first-order valence-electron chi connectivity index (χ1n) is 4.11. The summed E-state index contributed by atoms with van der Waals surface area (Å²) in [7, 11) is -3.00. The van der Waals surface area contributed by atoms with Crippen molar-refractivity contribution in [1.82, 2.24) is 4.31 Å². The highest BCUT2D eigenvalue weighted by atomic mass is 127. The van der Waals surface area contributed by atoms with E-state index in [-0.39, 0.29) is 9.30 Å². The average Bonchev–Trinajstić information content (AvgIpc) is 2.35. The standard InChI is InChI=1S/C7H14INO2S/c1-6(2)12(10,11)9-5-3-4-7(9)8/h6-7H,3-5H2,1-2H3. The summed E-state index contributed by atoms with van der Waals surface area (Å²) in [5.74, 6) is 0. The molecule has 1 aliphatic rings. The Hall–Kier alpha value is 0.640. The van der Waals surface area contributed by atoms with Crippen LogP contribution in [0.1, 0.15) is 26.7 Å². The zero-order chi connectivity index (χ0) is 9.35. The molecule has 72 valence electrons. The van der Waals surface area contributed by atoms with Crippen LogP contribution in [0.5, 0.6) is 0 Å². The van der Waals surface area contributed by atoms with Crippen LogP contribution in [0, 0.1) is 0 Å². The maximum Gasteiger partial charge on any atom is 0.217 e. The van der Waals surface area contributed by atoms with E-state index in [1.165, 1.54) is 0 Å². The highest BCUT2D eigenvalue weighted by Crippen LogP contribution is 2.27. The van der Waals surface area contributed by atoms with Gasteiger partial charge in [0.15, 0.2) is 0 Å². The van der Waals surface area contributed by atoms with E-state index in [0.717, 1.165) is 12.8 Å². The molecule has 0 aromatic heterocycles. The number of nitrogens with zero attached hydrogens (tertiary/aromatic N) is 1. The number of sulfonamides is 1. The maximum absolute atomic E-state index is 11.7. The molecule has 1 heterocycles. The maximum atomic E-state index is 11.7. The smallest absolute Gasteiger partial charge is 0.212 e. The van der Waals surface area contributed by atoms with Gasteiger partial charge in [0, 0.05) is 6.54 Å². The number of halogens is 1. The first-order chi connectivity index (χ1) is 5.46. The lowest BCUT2D eigenvalue weighted by atomic mass is 10.4. The van der Waals surface area contributed by atoms with Crippen LogP contribution >= 0.6 is 22.6 Å². The highest BCUT2D eigenvalue weighted by molar-refractivity contribution is 14.1. The lowest BCUT2D eigenvalue weighted by Crippen LogP contribution is -2.37. The molecule has 3 nitrogen and oxygen atoms in total. The van der Waals surface area contributed by atoms with Gasteiger partial charge in [0.1, 0.15) is 0 Å². The van der Waals surface area contributed by atoms with Gasteiger partial charge in [-0.25, -0.2) is 8.42 Å². The molecular formula is C7H14INO2S. The van der Waals surface area contributed by atoms with Gasteiger partial charge in [0.25, 0.3) is 0 Å². The summed E-state index contributed by atoms with van der Waals surface area (Å²) in [5.41, 5.74) is 0. The predicted molar refractivity (Wildman–Crippen MR) is 57.8 cm³/mol. The molecule has 1 aliphatic heterocycles. The number of rotatable bonds is 2.